The molecule has 1 unspecified atom stereocenters. The van der Waals surface area contributed by atoms with Gasteiger partial charge in [0.1, 0.15) is 5.78 Å². The number of hydrogen-bond donors (Lipinski definition) is 0. The molecule has 0 fully saturated rings. The van der Waals surface area contributed by atoms with Crippen LogP contribution in [0.25, 0.3) is 0 Å². The summed E-state index contributed by atoms with van der Waals surface area (Å²) in [6.45, 7) is 3.37. The predicted molar refractivity (Wildman–Crippen MR) is 64.6 cm³/mol. The van der Waals surface area contributed by atoms with Gasteiger partial charge >= 0.3 is 0 Å². The molecule has 0 radical (unpaired) electrons. The number of benzene rings is 1. The van der Waals surface area contributed by atoms with Crippen LogP contribution in [0.1, 0.15) is 32.3 Å². The number of rotatable bonds is 5. The lowest BCUT2D eigenvalue weighted by Gasteiger charge is -2.11. The normalized spacial score (nSPS) is 13.5. The van der Waals surface area contributed by atoms with Crippen molar-refractivity contribution >= 4 is 12.0 Å². The molecule has 86 valence electrons. The first-order chi connectivity index (χ1) is 7.59. The maximum Gasteiger partial charge on any atom is 0.182 e. The van der Waals surface area contributed by atoms with E-state index in [-0.39, 0.29) is 11.8 Å². The molecule has 0 saturated carbocycles. The Balaban J connectivity index is 2.59. The number of ketones is 1. The van der Waals surface area contributed by atoms with E-state index in [9.17, 15) is 10.0 Å². The van der Waals surface area contributed by atoms with Gasteiger partial charge in [0.25, 0.3) is 0 Å². The van der Waals surface area contributed by atoms with Crippen LogP contribution in [0.2, 0.25) is 0 Å². The second-order valence-corrected chi connectivity index (χ2v) is 3.99. The Morgan fingerprint density at radius 2 is 2.06 bits per heavy atom. The highest BCUT2D eigenvalue weighted by atomic mass is 16.5. The summed E-state index contributed by atoms with van der Waals surface area (Å²) in [5, 5.41) is 11.7. The zero-order valence-corrected chi connectivity index (χ0v) is 9.72. The van der Waals surface area contributed by atoms with Gasteiger partial charge in [-0.05, 0) is 26.0 Å². The van der Waals surface area contributed by atoms with Gasteiger partial charge in [0, 0.05) is 18.4 Å². The Hall–Kier alpha value is -1.64. The zero-order chi connectivity index (χ0) is 12.0. The van der Waals surface area contributed by atoms with E-state index in [4.69, 9.17) is 0 Å². The van der Waals surface area contributed by atoms with Crippen molar-refractivity contribution in [3.05, 3.63) is 41.1 Å². The van der Waals surface area contributed by atoms with E-state index in [0.717, 1.165) is 10.3 Å². The molecule has 0 aliphatic heterocycles. The third-order valence-electron chi connectivity index (χ3n) is 2.42. The van der Waals surface area contributed by atoms with Gasteiger partial charge in [-0.15, -0.1) is 0 Å². The second-order valence-electron chi connectivity index (χ2n) is 3.99. The number of hydroxylamine groups is 1. The Labute approximate surface area is 96.0 Å². The Kier molecular flexibility index (Phi) is 4.70. The van der Waals surface area contributed by atoms with Gasteiger partial charge in [-0.25, -0.2) is 4.74 Å². The van der Waals surface area contributed by atoms with E-state index in [1.807, 2.05) is 37.3 Å². The minimum atomic E-state index is -0.163. The fourth-order valence-corrected chi connectivity index (χ4v) is 1.35. The average molecular weight is 219 g/mol. The highest BCUT2D eigenvalue weighted by Gasteiger charge is 2.10. The van der Waals surface area contributed by atoms with Gasteiger partial charge in [-0.1, -0.05) is 18.2 Å². The summed E-state index contributed by atoms with van der Waals surface area (Å²) in [4.78, 5) is 10.8. The van der Waals surface area contributed by atoms with Gasteiger partial charge in [-0.2, -0.15) is 0 Å². The first-order valence-electron chi connectivity index (χ1n) is 5.44. The van der Waals surface area contributed by atoms with Crippen LogP contribution >= 0.6 is 0 Å². The van der Waals surface area contributed by atoms with E-state index in [1.54, 1.807) is 13.1 Å². The lowest BCUT2D eigenvalue weighted by Crippen LogP contribution is -2.20. The van der Waals surface area contributed by atoms with Crippen molar-refractivity contribution in [3.8, 4) is 0 Å². The van der Waals surface area contributed by atoms with Crippen molar-refractivity contribution in [2.75, 3.05) is 0 Å². The summed E-state index contributed by atoms with van der Waals surface area (Å²) < 4.78 is 0.915. The third-order valence-corrected chi connectivity index (χ3v) is 2.42. The van der Waals surface area contributed by atoms with Crippen molar-refractivity contribution in [1.82, 2.24) is 0 Å². The van der Waals surface area contributed by atoms with Crippen molar-refractivity contribution in [3.63, 3.8) is 0 Å². The molecule has 0 amide bonds. The molecule has 0 spiro atoms. The molecule has 3 nitrogen and oxygen atoms in total. The molecule has 0 N–H and O–H groups in total. The van der Waals surface area contributed by atoms with Crippen LogP contribution in [0.4, 0.5) is 0 Å². The van der Waals surface area contributed by atoms with Gasteiger partial charge in [-0.3, -0.25) is 0 Å². The van der Waals surface area contributed by atoms with Gasteiger partial charge < -0.3 is 10.0 Å². The van der Waals surface area contributed by atoms with Gasteiger partial charge in [0.2, 0.25) is 0 Å². The molecular weight excluding hydrogens is 202 g/mol. The Morgan fingerprint density at radius 3 is 2.62 bits per heavy atom. The summed E-state index contributed by atoms with van der Waals surface area (Å²) in [7, 11) is 0. The van der Waals surface area contributed by atoms with Gasteiger partial charge in [0.05, 0.1) is 0 Å². The molecule has 0 aliphatic carbocycles. The monoisotopic (exact) mass is 219 g/mol. The molecule has 1 aromatic rings. The molecule has 1 aromatic carbocycles. The molecule has 3 heteroatoms. The number of nitrogens with zero attached hydrogens (tertiary/aromatic N) is 1. The highest BCUT2D eigenvalue weighted by molar-refractivity contribution is 5.76. The number of carbonyl (C=O) groups excluding carboxylic acids is 1. The van der Waals surface area contributed by atoms with Crippen LogP contribution in [-0.2, 0) is 4.79 Å². The maximum atomic E-state index is 11.7. The summed E-state index contributed by atoms with van der Waals surface area (Å²) in [5.41, 5.74) is 0.882. The molecule has 0 aliphatic rings. The van der Waals surface area contributed by atoms with Crippen molar-refractivity contribution < 1.29 is 9.53 Å². The summed E-state index contributed by atoms with van der Waals surface area (Å²) in [6, 6.07) is 9.28. The molecule has 16 heavy (non-hydrogen) atoms. The van der Waals surface area contributed by atoms with E-state index < -0.39 is 0 Å². The molecule has 0 heterocycles. The molecule has 1 rings (SSSR count). The average Bonchev–Trinajstić information content (AvgIpc) is 2.27. The SMILES string of the molecule is CC(=O)CCC(C)/[N+]([O-])=C/c1ccccc1. The van der Waals surface area contributed by atoms with Crippen LogP contribution < -0.4 is 0 Å². The van der Waals surface area contributed by atoms with E-state index in [0.29, 0.717) is 12.8 Å². The van der Waals surface area contributed by atoms with Crippen molar-refractivity contribution in [2.45, 2.75) is 32.7 Å². The van der Waals surface area contributed by atoms with Crippen LogP contribution in [0.5, 0.6) is 0 Å². The van der Waals surface area contributed by atoms with Crippen LogP contribution in [0.3, 0.4) is 0 Å². The van der Waals surface area contributed by atoms with Crippen molar-refractivity contribution in [2.24, 2.45) is 0 Å². The number of Topliss-reactive ketones (excluding diaryl/α,β-unsaturated/α-hetero) is 1. The lowest BCUT2D eigenvalue weighted by molar-refractivity contribution is -0.492. The lowest BCUT2D eigenvalue weighted by atomic mass is 10.1. The topological polar surface area (TPSA) is 43.1 Å². The molecule has 1 atom stereocenters. The Bertz CT molecular complexity index is 371. The van der Waals surface area contributed by atoms with Gasteiger partial charge in [0.15, 0.2) is 12.3 Å². The minimum Gasteiger partial charge on any atom is -0.624 e. The van der Waals surface area contributed by atoms with E-state index in [2.05, 4.69) is 0 Å². The van der Waals surface area contributed by atoms with Crippen molar-refractivity contribution in [1.29, 1.82) is 0 Å². The quantitative estimate of drug-likeness (QED) is 0.330. The summed E-state index contributed by atoms with van der Waals surface area (Å²) in [6.07, 6.45) is 2.62. The van der Waals surface area contributed by atoms with Crippen LogP contribution in [0, 0.1) is 5.21 Å². The Morgan fingerprint density at radius 1 is 1.44 bits per heavy atom. The standard InChI is InChI=1S/C13H17NO2/c1-11(8-9-12(2)15)14(16)10-13-6-4-3-5-7-13/h3-7,10-11H,8-9H2,1-2H3/b14-10-. The predicted octanol–water partition coefficient (Wildman–Crippen LogP) is 2.37. The minimum absolute atomic E-state index is 0.125. The first-order valence-corrected chi connectivity index (χ1v) is 5.44. The second kappa shape index (κ2) is 6.05. The van der Waals surface area contributed by atoms with E-state index in [1.165, 1.54) is 0 Å². The molecule has 0 bridgehead atoms. The largest absolute Gasteiger partial charge is 0.624 e. The smallest absolute Gasteiger partial charge is 0.182 e. The first kappa shape index (κ1) is 12.4. The number of hydrogen-bond acceptors (Lipinski definition) is 2. The van der Waals surface area contributed by atoms with Crippen LogP contribution in [-0.4, -0.2) is 22.8 Å². The fraction of sp³-hybridized carbons (Fsp3) is 0.385. The molecular formula is C13H17NO2. The highest BCUT2D eigenvalue weighted by Crippen LogP contribution is 2.02. The summed E-state index contributed by atoms with van der Waals surface area (Å²) in [5.74, 6) is 0.125. The maximum absolute atomic E-state index is 11.7. The molecule has 0 aromatic heterocycles. The molecule has 0 saturated heterocycles. The zero-order valence-electron chi connectivity index (χ0n) is 9.72. The third kappa shape index (κ3) is 4.26. The summed E-state index contributed by atoms with van der Waals surface area (Å²) >= 11 is 0. The van der Waals surface area contributed by atoms with Crippen LogP contribution in [0.15, 0.2) is 30.3 Å². The fourth-order valence-electron chi connectivity index (χ4n) is 1.35. The van der Waals surface area contributed by atoms with E-state index >= 15 is 0 Å². The number of carbonyl (C=O) groups is 1.